The van der Waals surface area contributed by atoms with Gasteiger partial charge in [0.05, 0.1) is 12.4 Å². The van der Waals surface area contributed by atoms with E-state index in [0.29, 0.717) is 5.56 Å². The van der Waals surface area contributed by atoms with Crippen LogP contribution < -0.4 is 0 Å². The van der Waals surface area contributed by atoms with Crippen molar-refractivity contribution in [3.8, 4) is 11.1 Å². The van der Waals surface area contributed by atoms with E-state index in [2.05, 4.69) is 10.2 Å². The third kappa shape index (κ3) is 4.51. The van der Waals surface area contributed by atoms with Crippen molar-refractivity contribution in [3.63, 3.8) is 0 Å². The minimum atomic E-state index is -0.187. The Labute approximate surface area is 153 Å². The van der Waals surface area contributed by atoms with Crippen LogP contribution >= 0.6 is 0 Å². The minimum absolute atomic E-state index is 0.187. The molecule has 0 N–H and O–H groups in total. The van der Waals surface area contributed by atoms with Crippen molar-refractivity contribution in [2.75, 3.05) is 0 Å². The molecule has 130 valence electrons. The summed E-state index contributed by atoms with van der Waals surface area (Å²) < 4.78 is 14.2. The monoisotopic (exact) mass is 344 g/mol. The maximum atomic E-state index is 14.2. The summed E-state index contributed by atoms with van der Waals surface area (Å²) in [5, 5.41) is 8.14. The van der Waals surface area contributed by atoms with Crippen molar-refractivity contribution >= 4 is 12.4 Å². The zero-order chi connectivity index (χ0) is 18.4. The third-order valence-electron chi connectivity index (χ3n) is 4.22. The van der Waals surface area contributed by atoms with Gasteiger partial charge in [-0.25, -0.2) is 4.39 Å². The number of nitrogens with zero attached hydrogens (tertiary/aromatic N) is 2. The van der Waals surface area contributed by atoms with Crippen molar-refractivity contribution in [1.82, 2.24) is 0 Å². The van der Waals surface area contributed by atoms with E-state index in [1.54, 1.807) is 18.5 Å². The van der Waals surface area contributed by atoms with Gasteiger partial charge in [0.15, 0.2) is 0 Å². The third-order valence-corrected chi connectivity index (χ3v) is 4.22. The predicted molar refractivity (Wildman–Crippen MR) is 108 cm³/mol. The molecule has 0 aromatic heterocycles. The molecule has 0 aliphatic carbocycles. The molecule has 0 radical (unpaired) electrons. The van der Waals surface area contributed by atoms with E-state index in [9.17, 15) is 4.39 Å². The molecular formula is C23H21FN2. The van der Waals surface area contributed by atoms with Gasteiger partial charge in [0.1, 0.15) is 5.82 Å². The summed E-state index contributed by atoms with van der Waals surface area (Å²) in [6.45, 7) is 4.07. The van der Waals surface area contributed by atoms with Crippen molar-refractivity contribution in [2.24, 2.45) is 10.2 Å². The van der Waals surface area contributed by atoms with Crippen molar-refractivity contribution in [3.05, 3.63) is 94.8 Å². The van der Waals surface area contributed by atoms with Gasteiger partial charge in [-0.15, -0.1) is 0 Å². The van der Waals surface area contributed by atoms with Crippen LogP contribution in [0.3, 0.4) is 0 Å². The summed E-state index contributed by atoms with van der Waals surface area (Å²) in [6, 6.07) is 21.1. The summed E-state index contributed by atoms with van der Waals surface area (Å²) in [4.78, 5) is 0. The maximum Gasteiger partial charge on any atom is 0.131 e. The molecule has 0 bridgehead atoms. The van der Waals surface area contributed by atoms with Crippen LogP contribution in [0.15, 0.2) is 76.9 Å². The quantitative estimate of drug-likeness (QED) is 0.412. The lowest BCUT2D eigenvalue weighted by atomic mass is 10.0. The SMILES string of the molecule is CCc1ccc(-c2ccc(C=NN=Cc3ccc(C)cc3)cc2)c(F)c1. The molecule has 3 rings (SSSR count). The summed E-state index contributed by atoms with van der Waals surface area (Å²) in [6.07, 6.45) is 4.23. The van der Waals surface area contributed by atoms with Gasteiger partial charge in [-0.3, -0.25) is 0 Å². The maximum absolute atomic E-state index is 14.2. The van der Waals surface area contributed by atoms with Gasteiger partial charge in [0, 0.05) is 5.56 Å². The second-order valence-corrected chi connectivity index (χ2v) is 6.19. The Hall–Kier alpha value is -3.07. The van der Waals surface area contributed by atoms with Gasteiger partial charge >= 0.3 is 0 Å². The predicted octanol–water partition coefficient (Wildman–Crippen LogP) is 5.82. The lowest BCUT2D eigenvalue weighted by Crippen LogP contribution is -1.89. The molecule has 3 aromatic carbocycles. The summed E-state index contributed by atoms with van der Waals surface area (Å²) >= 11 is 0. The van der Waals surface area contributed by atoms with Crippen LogP contribution in [-0.4, -0.2) is 12.4 Å². The van der Waals surface area contributed by atoms with Crippen molar-refractivity contribution in [2.45, 2.75) is 20.3 Å². The normalized spacial score (nSPS) is 11.5. The zero-order valence-corrected chi connectivity index (χ0v) is 15.0. The van der Waals surface area contributed by atoms with Crippen LogP contribution in [0.25, 0.3) is 11.1 Å². The van der Waals surface area contributed by atoms with E-state index in [4.69, 9.17) is 0 Å². The Morgan fingerprint density at radius 1 is 0.808 bits per heavy atom. The molecule has 2 nitrogen and oxygen atoms in total. The van der Waals surface area contributed by atoms with Gasteiger partial charge in [-0.1, -0.05) is 73.2 Å². The van der Waals surface area contributed by atoms with Gasteiger partial charge in [0.25, 0.3) is 0 Å². The number of rotatable bonds is 5. The van der Waals surface area contributed by atoms with Crippen LogP contribution in [0, 0.1) is 12.7 Å². The van der Waals surface area contributed by atoms with Crippen LogP contribution in [-0.2, 0) is 6.42 Å². The fraction of sp³-hybridized carbons (Fsp3) is 0.130. The van der Waals surface area contributed by atoms with Crippen LogP contribution in [0.5, 0.6) is 0 Å². The summed E-state index contributed by atoms with van der Waals surface area (Å²) in [5.41, 5.74) is 5.61. The van der Waals surface area contributed by atoms with Crippen LogP contribution in [0.2, 0.25) is 0 Å². The highest BCUT2D eigenvalue weighted by Crippen LogP contribution is 2.24. The lowest BCUT2D eigenvalue weighted by molar-refractivity contribution is 0.629. The molecule has 3 heteroatoms. The molecular weight excluding hydrogens is 323 g/mol. The highest BCUT2D eigenvalue weighted by atomic mass is 19.1. The Bertz CT molecular complexity index is 923. The molecule has 3 aromatic rings. The van der Waals surface area contributed by atoms with Crippen LogP contribution in [0.1, 0.15) is 29.2 Å². The van der Waals surface area contributed by atoms with Gasteiger partial charge in [0.2, 0.25) is 0 Å². The van der Waals surface area contributed by atoms with E-state index in [-0.39, 0.29) is 5.82 Å². The molecule has 0 atom stereocenters. The molecule has 0 saturated heterocycles. The number of hydrogen-bond acceptors (Lipinski definition) is 2. The van der Waals surface area contributed by atoms with Crippen LogP contribution in [0.4, 0.5) is 4.39 Å². The second kappa shape index (κ2) is 8.34. The van der Waals surface area contributed by atoms with Gasteiger partial charge in [-0.2, -0.15) is 10.2 Å². The smallest absolute Gasteiger partial charge is 0.131 e. The van der Waals surface area contributed by atoms with E-state index in [0.717, 1.165) is 28.7 Å². The highest BCUT2D eigenvalue weighted by molar-refractivity contribution is 5.83. The molecule has 0 aliphatic heterocycles. The molecule has 0 saturated carbocycles. The zero-order valence-electron chi connectivity index (χ0n) is 15.0. The first-order chi connectivity index (χ1) is 12.7. The number of benzene rings is 3. The Balaban J connectivity index is 1.68. The lowest BCUT2D eigenvalue weighted by Gasteiger charge is -2.05. The van der Waals surface area contributed by atoms with E-state index < -0.39 is 0 Å². The number of halogens is 1. The molecule has 0 heterocycles. The molecule has 0 fully saturated rings. The first-order valence-electron chi connectivity index (χ1n) is 8.67. The van der Waals surface area contributed by atoms with Crippen molar-refractivity contribution in [1.29, 1.82) is 0 Å². The molecule has 0 unspecified atom stereocenters. The van der Waals surface area contributed by atoms with Gasteiger partial charge < -0.3 is 0 Å². The number of aryl methyl sites for hydroxylation is 2. The standard InChI is InChI=1S/C23H21FN2/c1-3-18-10-13-22(23(24)14-18)21-11-8-20(9-12-21)16-26-25-15-19-6-4-17(2)5-7-19/h4-16H,3H2,1-2H3. The van der Waals surface area contributed by atoms with E-state index >= 15 is 0 Å². The average Bonchev–Trinajstić information content (AvgIpc) is 2.67. The Morgan fingerprint density at radius 3 is 1.92 bits per heavy atom. The van der Waals surface area contributed by atoms with E-state index in [1.165, 1.54) is 5.56 Å². The number of hydrogen-bond donors (Lipinski definition) is 0. The summed E-state index contributed by atoms with van der Waals surface area (Å²) in [7, 11) is 0. The topological polar surface area (TPSA) is 24.7 Å². The fourth-order valence-electron chi connectivity index (χ4n) is 2.61. The largest absolute Gasteiger partial charge is 0.206 e. The Kier molecular flexibility index (Phi) is 5.69. The van der Waals surface area contributed by atoms with Crippen molar-refractivity contribution < 1.29 is 4.39 Å². The fourth-order valence-corrected chi connectivity index (χ4v) is 2.61. The first kappa shape index (κ1) is 17.7. The summed E-state index contributed by atoms with van der Waals surface area (Å²) in [5.74, 6) is -0.187. The van der Waals surface area contributed by atoms with E-state index in [1.807, 2.05) is 74.5 Å². The first-order valence-corrected chi connectivity index (χ1v) is 8.67. The molecule has 0 aliphatic rings. The second-order valence-electron chi connectivity index (χ2n) is 6.19. The van der Waals surface area contributed by atoms with Gasteiger partial charge in [-0.05, 0) is 41.7 Å². The molecule has 0 spiro atoms. The average molecular weight is 344 g/mol. The Morgan fingerprint density at radius 2 is 1.38 bits per heavy atom. The minimum Gasteiger partial charge on any atom is -0.206 e. The highest BCUT2D eigenvalue weighted by Gasteiger charge is 2.05. The molecule has 26 heavy (non-hydrogen) atoms. The molecule has 0 amide bonds.